The molecule has 0 saturated carbocycles. The van der Waals surface area contributed by atoms with Crippen LogP contribution in [0.2, 0.25) is 0 Å². The summed E-state index contributed by atoms with van der Waals surface area (Å²) in [6.07, 6.45) is 4.13. The fourth-order valence-electron chi connectivity index (χ4n) is 3.93. The van der Waals surface area contributed by atoms with E-state index in [0.29, 0.717) is 17.9 Å². The molecule has 31 heavy (non-hydrogen) atoms. The molecule has 2 fully saturated rings. The Balaban J connectivity index is 1.41. The zero-order valence-electron chi connectivity index (χ0n) is 17.8. The van der Waals surface area contributed by atoms with Gasteiger partial charge in [0.25, 0.3) is 5.91 Å². The van der Waals surface area contributed by atoms with Crippen molar-refractivity contribution in [3.05, 3.63) is 59.5 Å². The average Bonchev–Trinajstić information content (AvgIpc) is 3.47. The minimum Gasteiger partial charge on any atom is -0.472 e. The molecule has 1 N–H and O–H groups in total. The molecule has 1 aromatic heterocycles. The number of amides is 2. The number of morpholine rings is 1. The number of carbonyl (C=O) groups is 2. The van der Waals surface area contributed by atoms with Gasteiger partial charge in [-0.25, -0.2) is 0 Å². The summed E-state index contributed by atoms with van der Waals surface area (Å²) in [4.78, 5) is 30.5. The normalized spacial score (nSPS) is 21.9. The first-order chi connectivity index (χ1) is 15.1. The number of hydrogen-bond donors (Lipinski definition) is 1. The second kappa shape index (κ2) is 10.3. The van der Waals surface area contributed by atoms with Gasteiger partial charge in [-0.1, -0.05) is 17.7 Å². The van der Waals surface area contributed by atoms with Gasteiger partial charge in [0.2, 0.25) is 5.91 Å². The third kappa shape index (κ3) is 5.31. The van der Waals surface area contributed by atoms with E-state index in [1.165, 1.54) is 0 Å². The number of furan rings is 1. The van der Waals surface area contributed by atoms with Crippen molar-refractivity contribution >= 4 is 23.6 Å². The van der Waals surface area contributed by atoms with Crippen LogP contribution in [0.15, 0.2) is 47.3 Å². The van der Waals surface area contributed by atoms with Crippen molar-refractivity contribution in [2.24, 2.45) is 0 Å². The zero-order chi connectivity index (χ0) is 21.6. The van der Waals surface area contributed by atoms with Crippen molar-refractivity contribution in [3.63, 3.8) is 0 Å². The molecule has 1 aromatic carbocycles. The van der Waals surface area contributed by atoms with Crippen LogP contribution in [0.1, 0.15) is 33.3 Å². The maximum Gasteiger partial charge on any atom is 0.255 e. The van der Waals surface area contributed by atoms with Crippen molar-refractivity contribution in [2.75, 3.05) is 45.1 Å². The van der Waals surface area contributed by atoms with Gasteiger partial charge in [-0.05, 0) is 38.1 Å². The first kappa shape index (κ1) is 21.9. The topological polar surface area (TPSA) is 75.0 Å². The highest BCUT2D eigenvalue weighted by Crippen LogP contribution is 2.42. The summed E-state index contributed by atoms with van der Waals surface area (Å²) in [7, 11) is 0. The van der Waals surface area contributed by atoms with E-state index in [4.69, 9.17) is 9.15 Å². The van der Waals surface area contributed by atoms with Gasteiger partial charge in [0.1, 0.15) is 11.4 Å². The summed E-state index contributed by atoms with van der Waals surface area (Å²) in [5, 5.41) is 2.81. The van der Waals surface area contributed by atoms with E-state index < -0.39 is 6.04 Å². The predicted molar refractivity (Wildman–Crippen MR) is 120 cm³/mol. The molecule has 0 bridgehead atoms. The molecule has 166 valence electrons. The maximum atomic E-state index is 13.4. The fourth-order valence-corrected chi connectivity index (χ4v) is 5.34. The molecule has 2 aromatic rings. The number of benzene rings is 1. The van der Waals surface area contributed by atoms with E-state index in [1.54, 1.807) is 29.2 Å². The molecule has 2 amide bonds. The number of aryl methyl sites for hydroxylation is 1. The molecule has 2 saturated heterocycles. The largest absolute Gasteiger partial charge is 0.472 e. The minimum atomic E-state index is -0.512. The SMILES string of the molecule is Cc1ccc(C(=O)N2C(C(=O)NCCCN3CCOCC3)CSC2c2ccoc2)cc1. The number of rotatable bonds is 7. The molecular formula is C23H29N3O4S. The first-order valence-electron chi connectivity index (χ1n) is 10.7. The lowest BCUT2D eigenvalue weighted by molar-refractivity contribution is -0.124. The molecule has 2 aliphatic rings. The highest BCUT2D eigenvalue weighted by molar-refractivity contribution is 7.99. The molecule has 4 rings (SSSR count). The van der Waals surface area contributed by atoms with Crippen LogP contribution in [-0.4, -0.2) is 72.8 Å². The van der Waals surface area contributed by atoms with Gasteiger partial charge in [-0.3, -0.25) is 14.5 Å². The van der Waals surface area contributed by atoms with Crippen molar-refractivity contribution < 1.29 is 18.7 Å². The molecule has 0 aliphatic carbocycles. The number of ether oxygens (including phenoxy) is 1. The van der Waals surface area contributed by atoms with E-state index >= 15 is 0 Å². The summed E-state index contributed by atoms with van der Waals surface area (Å²) in [6, 6.07) is 8.83. The van der Waals surface area contributed by atoms with Crippen LogP contribution < -0.4 is 5.32 Å². The predicted octanol–water partition coefficient (Wildman–Crippen LogP) is 2.68. The van der Waals surface area contributed by atoms with Crippen LogP contribution in [0.4, 0.5) is 0 Å². The molecule has 0 spiro atoms. The van der Waals surface area contributed by atoms with Gasteiger partial charge in [0, 0.05) is 36.5 Å². The Morgan fingerprint density at radius 2 is 1.94 bits per heavy atom. The number of hydrogen-bond acceptors (Lipinski definition) is 6. The van der Waals surface area contributed by atoms with E-state index in [1.807, 2.05) is 37.3 Å². The van der Waals surface area contributed by atoms with Crippen molar-refractivity contribution in [2.45, 2.75) is 24.8 Å². The summed E-state index contributed by atoms with van der Waals surface area (Å²) >= 11 is 1.59. The number of thioether (sulfide) groups is 1. The Bertz CT molecular complexity index is 865. The fraction of sp³-hybridized carbons (Fsp3) is 0.478. The van der Waals surface area contributed by atoms with Gasteiger partial charge in [0.15, 0.2) is 0 Å². The minimum absolute atomic E-state index is 0.0964. The third-order valence-corrected chi connectivity index (χ3v) is 7.04. The Labute approximate surface area is 187 Å². The molecular weight excluding hydrogens is 414 g/mol. The Hall–Kier alpha value is -2.29. The lowest BCUT2D eigenvalue weighted by Crippen LogP contribution is -2.48. The highest BCUT2D eigenvalue weighted by atomic mass is 32.2. The molecule has 0 radical (unpaired) electrons. The van der Waals surface area contributed by atoms with Gasteiger partial charge in [-0.15, -0.1) is 11.8 Å². The lowest BCUT2D eigenvalue weighted by Gasteiger charge is -2.29. The molecule has 3 heterocycles. The van der Waals surface area contributed by atoms with E-state index in [-0.39, 0.29) is 17.2 Å². The summed E-state index contributed by atoms with van der Waals surface area (Å²) in [6.45, 7) is 6.96. The van der Waals surface area contributed by atoms with Crippen LogP contribution in [0.25, 0.3) is 0 Å². The van der Waals surface area contributed by atoms with E-state index in [2.05, 4.69) is 10.2 Å². The van der Waals surface area contributed by atoms with Crippen LogP contribution in [0.5, 0.6) is 0 Å². The van der Waals surface area contributed by atoms with Gasteiger partial charge < -0.3 is 19.4 Å². The zero-order valence-corrected chi connectivity index (χ0v) is 18.6. The summed E-state index contributed by atoms with van der Waals surface area (Å²) in [5.41, 5.74) is 2.58. The average molecular weight is 444 g/mol. The first-order valence-corrected chi connectivity index (χ1v) is 11.8. The summed E-state index contributed by atoms with van der Waals surface area (Å²) in [5.74, 6) is 0.327. The Morgan fingerprint density at radius 1 is 1.16 bits per heavy atom. The molecule has 7 nitrogen and oxygen atoms in total. The number of carbonyl (C=O) groups excluding carboxylic acids is 2. The quantitative estimate of drug-likeness (QED) is 0.664. The third-order valence-electron chi connectivity index (χ3n) is 5.72. The van der Waals surface area contributed by atoms with Crippen molar-refractivity contribution in [3.8, 4) is 0 Å². The van der Waals surface area contributed by atoms with Crippen molar-refractivity contribution in [1.29, 1.82) is 0 Å². The molecule has 2 atom stereocenters. The molecule has 2 aliphatic heterocycles. The number of nitrogens with one attached hydrogen (secondary N) is 1. The van der Waals surface area contributed by atoms with Gasteiger partial charge >= 0.3 is 0 Å². The van der Waals surface area contributed by atoms with Crippen LogP contribution in [-0.2, 0) is 9.53 Å². The maximum absolute atomic E-state index is 13.4. The smallest absolute Gasteiger partial charge is 0.255 e. The lowest BCUT2D eigenvalue weighted by atomic mass is 10.1. The Morgan fingerprint density at radius 3 is 2.65 bits per heavy atom. The second-order valence-corrected chi connectivity index (χ2v) is 9.05. The Kier molecular flexibility index (Phi) is 7.32. The molecule has 2 unspecified atom stereocenters. The van der Waals surface area contributed by atoms with E-state index in [0.717, 1.165) is 50.4 Å². The van der Waals surface area contributed by atoms with Crippen molar-refractivity contribution in [1.82, 2.24) is 15.1 Å². The van der Waals surface area contributed by atoms with Crippen LogP contribution in [0.3, 0.4) is 0 Å². The van der Waals surface area contributed by atoms with Crippen LogP contribution in [0, 0.1) is 6.92 Å². The van der Waals surface area contributed by atoms with E-state index in [9.17, 15) is 9.59 Å². The monoisotopic (exact) mass is 443 g/mol. The van der Waals surface area contributed by atoms with Gasteiger partial charge in [0.05, 0.1) is 25.7 Å². The molecule has 8 heteroatoms. The standard InChI is InChI=1S/C23H29N3O4S/c1-17-3-5-18(6-4-17)22(28)26-20(16-31-23(26)19-7-12-30-15-19)21(27)24-8-2-9-25-10-13-29-14-11-25/h3-7,12,15,20,23H,2,8-11,13-14,16H2,1H3,(H,24,27). The number of nitrogens with zero attached hydrogens (tertiary/aromatic N) is 2. The second-order valence-electron chi connectivity index (χ2n) is 7.94. The van der Waals surface area contributed by atoms with Gasteiger partial charge in [-0.2, -0.15) is 0 Å². The van der Waals surface area contributed by atoms with Crippen LogP contribution >= 0.6 is 11.8 Å². The summed E-state index contributed by atoms with van der Waals surface area (Å²) < 4.78 is 10.6. The highest BCUT2D eigenvalue weighted by Gasteiger charge is 2.42.